The Balaban J connectivity index is 1.45. The summed E-state index contributed by atoms with van der Waals surface area (Å²) in [7, 11) is 0. The van der Waals surface area contributed by atoms with Gasteiger partial charge in [0.15, 0.2) is 0 Å². The van der Waals surface area contributed by atoms with Crippen LogP contribution in [0.4, 0.5) is 5.69 Å². The lowest BCUT2D eigenvalue weighted by Crippen LogP contribution is -2.42. The Labute approximate surface area is 169 Å². The Morgan fingerprint density at radius 1 is 1.24 bits per heavy atom. The van der Waals surface area contributed by atoms with Crippen molar-refractivity contribution >= 4 is 11.6 Å². The van der Waals surface area contributed by atoms with Crippen LogP contribution in [0.25, 0.3) is 11.4 Å². The van der Waals surface area contributed by atoms with Gasteiger partial charge in [-0.3, -0.25) is 4.79 Å². The van der Waals surface area contributed by atoms with E-state index in [4.69, 9.17) is 4.52 Å². The first-order valence-electron chi connectivity index (χ1n) is 9.80. The predicted molar refractivity (Wildman–Crippen MR) is 109 cm³/mol. The summed E-state index contributed by atoms with van der Waals surface area (Å²) in [5, 5.41) is 17.1. The molecule has 1 aliphatic rings. The summed E-state index contributed by atoms with van der Waals surface area (Å²) in [6.07, 6.45) is 1.10. The average molecular weight is 392 g/mol. The summed E-state index contributed by atoms with van der Waals surface area (Å²) in [4.78, 5) is 19.1. The van der Waals surface area contributed by atoms with Gasteiger partial charge in [-0.2, -0.15) is 4.98 Å². The highest BCUT2D eigenvalue weighted by Gasteiger charge is 2.24. The molecule has 7 nitrogen and oxygen atoms in total. The van der Waals surface area contributed by atoms with E-state index in [-0.39, 0.29) is 5.91 Å². The number of hydrogen-bond acceptors (Lipinski definition) is 6. The molecule has 2 aromatic carbocycles. The third-order valence-electron chi connectivity index (χ3n) is 5.05. The van der Waals surface area contributed by atoms with Gasteiger partial charge in [-0.1, -0.05) is 47.1 Å². The number of para-hydroxylation sites is 1. The van der Waals surface area contributed by atoms with Gasteiger partial charge in [0.2, 0.25) is 11.7 Å². The Bertz CT molecular complexity index is 984. The van der Waals surface area contributed by atoms with Gasteiger partial charge in [0.25, 0.3) is 5.91 Å². The molecule has 0 saturated carbocycles. The molecule has 1 amide bonds. The van der Waals surface area contributed by atoms with Gasteiger partial charge in [0.1, 0.15) is 0 Å². The molecule has 0 spiro atoms. The third kappa shape index (κ3) is 4.46. The van der Waals surface area contributed by atoms with Crippen LogP contribution in [0.2, 0.25) is 0 Å². The Hall–Kier alpha value is -3.19. The summed E-state index contributed by atoms with van der Waals surface area (Å²) in [5.41, 5.74) is 3.33. The lowest BCUT2D eigenvalue weighted by molar-refractivity contribution is 0.0474. The van der Waals surface area contributed by atoms with Gasteiger partial charge in [0, 0.05) is 24.3 Å². The molecule has 1 unspecified atom stereocenters. The topological polar surface area (TPSA) is 91.5 Å². The first kappa shape index (κ1) is 19.1. The number of anilines is 1. The Kier molecular flexibility index (Phi) is 5.57. The predicted octanol–water partition coefficient (Wildman–Crippen LogP) is 3.25. The molecule has 3 aromatic rings. The number of nitrogens with zero attached hydrogens (tertiary/aromatic N) is 3. The lowest BCUT2D eigenvalue weighted by atomic mass is 10.1. The maximum atomic E-state index is 12.9. The van der Waals surface area contributed by atoms with E-state index in [9.17, 15) is 9.90 Å². The highest BCUT2D eigenvalue weighted by molar-refractivity contribution is 5.99. The number of rotatable bonds is 5. The van der Waals surface area contributed by atoms with Gasteiger partial charge in [-0.15, -0.1) is 0 Å². The van der Waals surface area contributed by atoms with Crippen LogP contribution in [0.5, 0.6) is 0 Å². The SMILES string of the molecule is Cc1ccc(-c2noc(CNc3ccccc3C(=O)N3CCCC(O)C3)n2)cc1. The third-order valence-corrected chi connectivity index (χ3v) is 5.05. The maximum Gasteiger partial charge on any atom is 0.256 e. The average Bonchev–Trinajstić information content (AvgIpc) is 3.21. The molecule has 1 aliphatic heterocycles. The first-order chi connectivity index (χ1) is 14.1. The van der Waals surface area contributed by atoms with Crippen molar-refractivity contribution in [2.45, 2.75) is 32.4 Å². The Morgan fingerprint density at radius 2 is 2.03 bits per heavy atom. The van der Waals surface area contributed by atoms with Crippen molar-refractivity contribution in [2.24, 2.45) is 0 Å². The van der Waals surface area contributed by atoms with Crippen molar-refractivity contribution in [3.05, 3.63) is 65.5 Å². The molecule has 150 valence electrons. The quantitative estimate of drug-likeness (QED) is 0.693. The van der Waals surface area contributed by atoms with Crippen LogP contribution in [0.15, 0.2) is 53.1 Å². The molecular weight excluding hydrogens is 368 g/mol. The number of aliphatic hydroxyl groups excluding tert-OH is 1. The van der Waals surface area contributed by atoms with E-state index < -0.39 is 6.10 Å². The number of aliphatic hydroxyl groups is 1. The normalized spacial score (nSPS) is 16.6. The Morgan fingerprint density at radius 3 is 2.83 bits per heavy atom. The van der Waals surface area contributed by atoms with E-state index in [0.717, 1.165) is 18.4 Å². The fraction of sp³-hybridized carbons (Fsp3) is 0.318. The van der Waals surface area contributed by atoms with Crippen LogP contribution >= 0.6 is 0 Å². The monoisotopic (exact) mass is 392 g/mol. The molecule has 0 radical (unpaired) electrons. The number of nitrogens with one attached hydrogen (secondary N) is 1. The molecule has 0 aliphatic carbocycles. The zero-order valence-corrected chi connectivity index (χ0v) is 16.3. The van der Waals surface area contributed by atoms with Crippen LogP contribution in [0.1, 0.15) is 34.7 Å². The van der Waals surface area contributed by atoms with Crippen LogP contribution in [0.3, 0.4) is 0 Å². The molecule has 2 heterocycles. The van der Waals surface area contributed by atoms with Crippen LogP contribution < -0.4 is 5.32 Å². The maximum absolute atomic E-state index is 12.9. The van der Waals surface area contributed by atoms with Crippen molar-refractivity contribution in [1.82, 2.24) is 15.0 Å². The molecule has 1 fully saturated rings. The van der Waals surface area contributed by atoms with Gasteiger partial charge >= 0.3 is 0 Å². The van der Waals surface area contributed by atoms with Gasteiger partial charge in [0.05, 0.1) is 18.2 Å². The number of likely N-dealkylation sites (tertiary alicyclic amines) is 1. The highest BCUT2D eigenvalue weighted by atomic mass is 16.5. The van der Waals surface area contributed by atoms with Crippen LogP contribution in [-0.4, -0.2) is 45.2 Å². The van der Waals surface area contributed by atoms with E-state index >= 15 is 0 Å². The minimum Gasteiger partial charge on any atom is -0.391 e. The number of benzene rings is 2. The van der Waals surface area contributed by atoms with E-state index in [2.05, 4.69) is 15.5 Å². The molecule has 1 atom stereocenters. The number of hydrogen-bond donors (Lipinski definition) is 2. The van der Waals surface area contributed by atoms with E-state index in [1.54, 1.807) is 11.0 Å². The van der Waals surface area contributed by atoms with Gasteiger partial charge < -0.3 is 19.8 Å². The van der Waals surface area contributed by atoms with Crippen molar-refractivity contribution in [3.8, 4) is 11.4 Å². The minimum atomic E-state index is -0.452. The number of aromatic nitrogens is 2. The summed E-state index contributed by atoms with van der Waals surface area (Å²) >= 11 is 0. The standard InChI is InChI=1S/C22H24N4O3/c1-15-8-10-16(11-9-15)21-24-20(29-25-21)13-23-19-7-3-2-6-18(19)22(28)26-12-4-5-17(27)14-26/h2-3,6-11,17,23,27H,4-5,12-14H2,1H3. The van der Waals surface area contributed by atoms with Crippen molar-refractivity contribution in [2.75, 3.05) is 18.4 Å². The fourth-order valence-corrected chi connectivity index (χ4v) is 3.45. The molecule has 1 saturated heterocycles. The largest absolute Gasteiger partial charge is 0.391 e. The van der Waals surface area contributed by atoms with E-state index in [1.807, 2.05) is 49.4 Å². The van der Waals surface area contributed by atoms with Gasteiger partial charge in [-0.05, 0) is 31.9 Å². The van der Waals surface area contributed by atoms with Crippen molar-refractivity contribution < 1.29 is 14.4 Å². The van der Waals surface area contributed by atoms with Crippen LogP contribution in [-0.2, 0) is 6.54 Å². The number of carbonyl (C=O) groups is 1. The summed E-state index contributed by atoms with van der Waals surface area (Å²) < 4.78 is 5.35. The first-order valence-corrected chi connectivity index (χ1v) is 9.80. The minimum absolute atomic E-state index is 0.0854. The molecule has 7 heteroatoms. The molecular formula is C22H24N4O3. The van der Waals surface area contributed by atoms with Crippen LogP contribution in [0, 0.1) is 6.92 Å². The lowest BCUT2D eigenvalue weighted by Gasteiger charge is -2.30. The van der Waals surface area contributed by atoms with Crippen molar-refractivity contribution in [3.63, 3.8) is 0 Å². The molecule has 4 rings (SSSR count). The van der Waals surface area contributed by atoms with E-state index in [0.29, 0.717) is 42.6 Å². The summed E-state index contributed by atoms with van der Waals surface area (Å²) in [5.74, 6) is 0.891. The fourth-order valence-electron chi connectivity index (χ4n) is 3.45. The second-order valence-electron chi connectivity index (χ2n) is 7.32. The number of amides is 1. The second kappa shape index (κ2) is 8.45. The molecule has 1 aromatic heterocycles. The number of β-amino-alcohol motifs (C(OH)–C–C–N with tert-alkyl or cyclic N) is 1. The number of piperidine rings is 1. The number of aryl methyl sites for hydroxylation is 1. The second-order valence-corrected chi connectivity index (χ2v) is 7.32. The zero-order chi connectivity index (χ0) is 20.2. The molecule has 0 bridgehead atoms. The molecule has 29 heavy (non-hydrogen) atoms. The number of carbonyl (C=O) groups excluding carboxylic acids is 1. The highest BCUT2D eigenvalue weighted by Crippen LogP contribution is 2.21. The zero-order valence-electron chi connectivity index (χ0n) is 16.3. The van der Waals surface area contributed by atoms with E-state index in [1.165, 1.54) is 5.56 Å². The summed E-state index contributed by atoms with van der Waals surface area (Å²) in [6, 6.07) is 15.3. The smallest absolute Gasteiger partial charge is 0.256 e. The van der Waals surface area contributed by atoms with Gasteiger partial charge in [-0.25, -0.2) is 0 Å². The summed E-state index contributed by atoms with van der Waals surface area (Å²) in [6.45, 7) is 3.37. The molecule has 2 N–H and O–H groups in total. The van der Waals surface area contributed by atoms with Crippen molar-refractivity contribution in [1.29, 1.82) is 0 Å².